The summed E-state index contributed by atoms with van der Waals surface area (Å²) in [6.45, 7) is 0.432. The largest absolute Gasteiger partial charge is 0.330 e. The summed E-state index contributed by atoms with van der Waals surface area (Å²) < 4.78 is 23.6. The smallest absolute Gasteiger partial charge is 0.247 e. The number of halogens is 1. The highest BCUT2D eigenvalue weighted by Gasteiger charge is 2.34. The number of thiophene rings is 1. The van der Waals surface area contributed by atoms with E-state index in [-0.39, 0.29) is 23.5 Å². The number of benzene rings is 1. The van der Waals surface area contributed by atoms with Crippen LogP contribution in [0.25, 0.3) is 6.08 Å². The minimum absolute atomic E-state index is 0.0406. The summed E-state index contributed by atoms with van der Waals surface area (Å²) in [7, 11) is -3.05. The van der Waals surface area contributed by atoms with Gasteiger partial charge in [-0.2, -0.15) is 0 Å². The van der Waals surface area contributed by atoms with Crippen molar-refractivity contribution in [3.05, 3.63) is 63.3 Å². The Balaban J connectivity index is 1.78. The number of rotatable bonds is 5. The van der Waals surface area contributed by atoms with Crippen molar-refractivity contribution in [2.24, 2.45) is 0 Å². The van der Waals surface area contributed by atoms with Gasteiger partial charge in [0.2, 0.25) is 5.91 Å². The fourth-order valence-corrected chi connectivity index (χ4v) is 5.38. The number of sulfone groups is 1. The lowest BCUT2D eigenvalue weighted by Crippen LogP contribution is -2.39. The molecule has 1 aromatic carbocycles. The van der Waals surface area contributed by atoms with E-state index in [0.717, 1.165) is 10.4 Å². The van der Waals surface area contributed by atoms with Crippen LogP contribution in [-0.4, -0.2) is 36.8 Å². The molecule has 0 N–H and O–H groups in total. The fourth-order valence-electron chi connectivity index (χ4n) is 2.82. The second-order valence-corrected chi connectivity index (χ2v) is 9.68. The molecule has 0 spiro atoms. The first kappa shape index (κ1) is 18.2. The average molecular weight is 396 g/mol. The molecule has 1 atom stereocenters. The van der Waals surface area contributed by atoms with E-state index in [1.807, 2.05) is 29.6 Å². The highest BCUT2D eigenvalue weighted by Crippen LogP contribution is 2.22. The minimum Gasteiger partial charge on any atom is -0.330 e. The lowest BCUT2D eigenvalue weighted by molar-refractivity contribution is -0.128. The summed E-state index contributed by atoms with van der Waals surface area (Å²) in [5.74, 6) is 0.0107. The third-order valence-electron chi connectivity index (χ3n) is 4.13. The molecule has 0 saturated carbocycles. The third-order valence-corrected chi connectivity index (χ3v) is 6.99. The van der Waals surface area contributed by atoms with E-state index in [1.165, 1.54) is 6.08 Å². The normalized spacial score (nSPS) is 19.3. The van der Waals surface area contributed by atoms with Crippen molar-refractivity contribution in [3.63, 3.8) is 0 Å². The van der Waals surface area contributed by atoms with E-state index >= 15 is 0 Å². The summed E-state index contributed by atoms with van der Waals surface area (Å²) in [4.78, 5) is 15.4. The van der Waals surface area contributed by atoms with Crippen molar-refractivity contribution in [1.29, 1.82) is 0 Å². The first-order valence-corrected chi connectivity index (χ1v) is 11.0. The number of carbonyl (C=O) groups excluding carboxylic acids is 1. The Hall–Kier alpha value is -1.63. The first-order chi connectivity index (χ1) is 11.9. The molecule has 7 heteroatoms. The van der Waals surface area contributed by atoms with Gasteiger partial charge in [-0.05, 0) is 41.6 Å². The summed E-state index contributed by atoms with van der Waals surface area (Å²) in [6.07, 6.45) is 3.72. The molecule has 1 fully saturated rings. The van der Waals surface area contributed by atoms with Crippen molar-refractivity contribution < 1.29 is 13.2 Å². The lowest BCUT2D eigenvalue weighted by Gasteiger charge is -2.26. The Bertz CT molecular complexity index is 858. The van der Waals surface area contributed by atoms with E-state index < -0.39 is 9.84 Å². The van der Waals surface area contributed by atoms with Crippen LogP contribution >= 0.6 is 22.9 Å². The number of hydrogen-bond acceptors (Lipinski definition) is 4. The molecular formula is C18H18ClNO3S2. The highest BCUT2D eigenvalue weighted by atomic mass is 35.5. The van der Waals surface area contributed by atoms with E-state index in [9.17, 15) is 13.2 Å². The van der Waals surface area contributed by atoms with E-state index in [0.29, 0.717) is 18.0 Å². The topological polar surface area (TPSA) is 54.5 Å². The van der Waals surface area contributed by atoms with Crippen LogP contribution in [0.5, 0.6) is 0 Å². The van der Waals surface area contributed by atoms with Crippen LogP contribution in [0.2, 0.25) is 5.02 Å². The molecule has 4 nitrogen and oxygen atoms in total. The second-order valence-electron chi connectivity index (χ2n) is 5.99. The summed E-state index contributed by atoms with van der Waals surface area (Å²) in [5.41, 5.74) is 0.868. The Morgan fingerprint density at radius 1 is 1.28 bits per heavy atom. The molecule has 3 rings (SSSR count). The molecule has 132 valence electrons. The van der Waals surface area contributed by atoms with Crippen LogP contribution in [0.4, 0.5) is 0 Å². The Labute approximate surface area is 156 Å². The van der Waals surface area contributed by atoms with Crippen LogP contribution in [0.15, 0.2) is 47.9 Å². The maximum Gasteiger partial charge on any atom is 0.247 e. The molecular weight excluding hydrogens is 378 g/mol. The van der Waals surface area contributed by atoms with Gasteiger partial charge in [0.1, 0.15) is 0 Å². The maximum atomic E-state index is 12.7. The van der Waals surface area contributed by atoms with E-state index in [2.05, 4.69) is 0 Å². The van der Waals surface area contributed by atoms with Crippen molar-refractivity contribution in [2.75, 3.05) is 11.5 Å². The van der Waals surface area contributed by atoms with Crippen LogP contribution in [-0.2, 0) is 21.2 Å². The van der Waals surface area contributed by atoms with Gasteiger partial charge in [0.25, 0.3) is 0 Å². The molecule has 1 aliphatic heterocycles. The summed E-state index contributed by atoms with van der Waals surface area (Å²) >= 11 is 7.42. The zero-order valence-corrected chi connectivity index (χ0v) is 15.9. The Kier molecular flexibility index (Phi) is 5.61. The van der Waals surface area contributed by atoms with Crippen LogP contribution in [0.3, 0.4) is 0 Å². The van der Waals surface area contributed by atoms with Crippen molar-refractivity contribution in [3.8, 4) is 0 Å². The number of hydrogen-bond donors (Lipinski definition) is 0. The molecule has 2 heterocycles. The molecule has 25 heavy (non-hydrogen) atoms. The van der Waals surface area contributed by atoms with Gasteiger partial charge in [-0.3, -0.25) is 4.79 Å². The predicted molar refractivity (Wildman–Crippen MR) is 102 cm³/mol. The Morgan fingerprint density at radius 2 is 2.04 bits per heavy atom. The van der Waals surface area contributed by atoms with Crippen LogP contribution < -0.4 is 0 Å². The van der Waals surface area contributed by atoms with Gasteiger partial charge in [-0.1, -0.05) is 29.8 Å². The monoisotopic (exact) mass is 395 g/mol. The summed E-state index contributed by atoms with van der Waals surface area (Å²) in [6, 6.07) is 10.8. The third kappa shape index (κ3) is 4.93. The van der Waals surface area contributed by atoms with Gasteiger partial charge in [-0.15, -0.1) is 11.3 Å². The minimum atomic E-state index is -3.05. The predicted octanol–water partition coefficient (Wildman–Crippen LogP) is 3.63. The van der Waals surface area contributed by atoms with Gasteiger partial charge in [0, 0.05) is 22.0 Å². The quantitative estimate of drug-likeness (QED) is 0.726. The molecule has 1 aliphatic rings. The SMILES string of the molecule is O=C(/C=C/c1ccc(Cl)cc1)N(Cc1cccs1)[C@H]1CCS(=O)(=O)C1. The molecule has 1 aromatic heterocycles. The van der Waals surface area contributed by atoms with Crippen LogP contribution in [0, 0.1) is 0 Å². The summed E-state index contributed by atoms with van der Waals surface area (Å²) in [5, 5.41) is 2.59. The first-order valence-electron chi connectivity index (χ1n) is 7.90. The maximum absolute atomic E-state index is 12.7. The highest BCUT2D eigenvalue weighted by molar-refractivity contribution is 7.91. The van der Waals surface area contributed by atoms with Gasteiger partial charge in [0.15, 0.2) is 9.84 Å². The molecule has 1 saturated heterocycles. The molecule has 0 bridgehead atoms. The van der Waals surface area contributed by atoms with Crippen LogP contribution in [0.1, 0.15) is 16.9 Å². The van der Waals surface area contributed by atoms with Crippen molar-refractivity contribution >= 4 is 44.8 Å². The van der Waals surface area contributed by atoms with Gasteiger partial charge < -0.3 is 4.90 Å². The fraction of sp³-hybridized carbons (Fsp3) is 0.278. The standard InChI is InChI=1S/C18H18ClNO3S2/c19-15-6-3-14(4-7-15)5-8-18(21)20(12-17-2-1-10-24-17)16-9-11-25(22,23)13-16/h1-8,10,16H,9,11-13H2/b8-5+/t16-/m0/s1. The molecule has 0 aliphatic carbocycles. The number of nitrogens with zero attached hydrogens (tertiary/aromatic N) is 1. The zero-order chi connectivity index (χ0) is 17.9. The molecule has 0 radical (unpaired) electrons. The van der Waals surface area contributed by atoms with E-state index in [4.69, 9.17) is 11.6 Å². The number of carbonyl (C=O) groups is 1. The zero-order valence-electron chi connectivity index (χ0n) is 13.5. The molecule has 0 unspecified atom stereocenters. The van der Waals surface area contributed by atoms with Crippen molar-refractivity contribution in [1.82, 2.24) is 4.90 Å². The van der Waals surface area contributed by atoms with E-state index in [1.54, 1.807) is 34.4 Å². The molecule has 1 amide bonds. The Morgan fingerprint density at radius 3 is 2.64 bits per heavy atom. The van der Waals surface area contributed by atoms with Gasteiger partial charge in [-0.25, -0.2) is 8.42 Å². The van der Waals surface area contributed by atoms with Gasteiger partial charge >= 0.3 is 0 Å². The lowest BCUT2D eigenvalue weighted by atomic mass is 10.2. The number of amides is 1. The van der Waals surface area contributed by atoms with Gasteiger partial charge in [0.05, 0.1) is 18.1 Å². The average Bonchev–Trinajstić information content (AvgIpc) is 3.21. The van der Waals surface area contributed by atoms with Crippen molar-refractivity contribution in [2.45, 2.75) is 19.0 Å². The second kappa shape index (κ2) is 7.72. The molecule has 2 aromatic rings.